The molecule has 0 radical (unpaired) electrons. The summed E-state index contributed by atoms with van der Waals surface area (Å²) in [6.07, 6.45) is 48.2. The van der Waals surface area contributed by atoms with Gasteiger partial charge in [0.2, 0.25) is 0 Å². The smallest absolute Gasteiger partial charge is 0.123 e. The summed E-state index contributed by atoms with van der Waals surface area (Å²) in [7, 11) is 0. The quantitative estimate of drug-likeness (QED) is 0.0642. The summed E-state index contributed by atoms with van der Waals surface area (Å²) < 4.78 is 0. The fourth-order valence-electron chi connectivity index (χ4n) is 9.39. The Bertz CT molecular complexity index is 1130. The molecule has 306 valence electrons. The van der Waals surface area contributed by atoms with E-state index in [0.717, 1.165) is 25.9 Å². The van der Waals surface area contributed by atoms with Crippen LogP contribution in [0, 0.1) is 0 Å². The van der Waals surface area contributed by atoms with E-state index in [9.17, 15) is 0 Å². The summed E-state index contributed by atoms with van der Waals surface area (Å²) in [4.78, 5) is 5.60. The van der Waals surface area contributed by atoms with Crippen molar-refractivity contribution in [1.29, 1.82) is 0 Å². The summed E-state index contributed by atoms with van der Waals surface area (Å²) in [5.41, 5.74) is 2.89. The molecular weight excluding hydrogens is 653 g/mol. The SMILES string of the molecule is CCCCCCCCCCCCCCCCCCN1C=CN(CCCCCCCCCCCCCCC)C1(Cc1ccccc1)C(CC)c1ccccc1. The fourth-order valence-corrected chi connectivity index (χ4v) is 9.39. The Labute approximate surface area is 337 Å². The van der Waals surface area contributed by atoms with Crippen LogP contribution in [0.15, 0.2) is 73.1 Å². The standard InChI is InChI=1S/C52H88N2/c1-4-7-9-11-13-15-17-19-20-21-23-25-27-29-31-39-45-54-47-46-53(44-38-30-28-26-24-22-18-16-14-12-10-8-5-2)52(54,48-49-40-34-32-35-41-49)51(6-3)50-42-36-33-37-43-50/h32-37,40-43,46-47,51H,4-31,38-39,44-45,48H2,1-3H3. The van der Waals surface area contributed by atoms with Crippen LogP contribution in [0.2, 0.25) is 0 Å². The Morgan fingerprint density at radius 2 is 0.704 bits per heavy atom. The minimum Gasteiger partial charge on any atom is -0.353 e. The van der Waals surface area contributed by atoms with Gasteiger partial charge in [-0.05, 0) is 30.4 Å². The predicted octanol–water partition coefficient (Wildman–Crippen LogP) is 16.6. The van der Waals surface area contributed by atoms with Gasteiger partial charge in [0.05, 0.1) is 0 Å². The second kappa shape index (κ2) is 30.9. The average Bonchev–Trinajstić information content (AvgIpc) is 3.53. The van der Waals surface area contributed by atoms with Crippen LogP contribution in [-0.4, -0.2) is 28.6 Å². The van der Waals surface area contributed by atoms with Crippen molar-refractivity contribution in [3.05, 3.63) is 84.2 Å². The zero-order valence-electron chi connectivity index (χ0n) is 36.2. The first-order valence-corrected chi connectivity index (χ1v) is 24.1. The molecule has 3 rings (SSSR count). The molecule has 2 aromatic rings. The first-order chi connectivity index (χ1) is 26.8. The zero-order chi connectivity index (χ0) is 38.2. The molecule has 2 heteroatoms. The monoisotopic (exact) mass is 741 g/mol. The van der Waals surface area contributed by atoms with Crippen LogP contribution in [0.4, 0.5) is 0 Å². The molecule has 1 heterocycles. The number of hydrogen-bond donors (Lipinski definition) is 0. The van der Waals surface area contributed by atoms with E-state index in [4.69, 9.17) is 0 Å². The molecule has 2 unspecified atom stereocenters. The number of benzene rings is 2. The van der Waals surface area contributed by atoms with Crippen molar-refractivity contribution in [2.75, 3.05) is 13.1 Å². The Hall–Kier alpha value is -2.22. The van der Waals surface area contributed by atoms with E-state index in [1.54, 1.807) is 0 Å². The average molecular weight is 741 g/mol. The molecule has 0 spiro atoms. The largest absolute Gasteiger partial charge is 0.353 e. The Morgan fingerprint density at radius 3 is 1.04 bits per heavy atom. The number of rotatable bonds is 36. The van der Waals surface area contributed by atoms with E-state index in [1.165, 1.54) is 197 Å². The summed E-state index contributed by atoms with van der Waals surface area (Å²) in [5.74, 6) is 0.442. The molecule has 0 amide bonds. The van der Waals surface area contributed by atoms with Gasteiger partial charge in [-0.1, -0.05) is 255 Å². The van der Waals surface area contributed by atoms with E-state index >= 15 is 0 Å². The molecule has 2 aromatic carbocycles. The minimum absolute atomic E-state index is 0.0654. The number of unbranched alkanes of at least 4 members (excludes halogenated alkanes) is 27. The van der Waals surface area contributed by atoms with Gasteiger partial charge < -0.3 is 9.80 Å². The highest BCUT2D eigenvalue weighted by Gasteiger charge is 2.49. The molecule has 0 fully saturated rings. The van der Waals surface area contributed by atoms with E-state index in [1.807, 2.05) is 0 Å². The van der Waals surface area contributed by atoms with Gasteiger partial charge >= 0.3 is 0 Å². The highest BCUT2D eigenvalue weighted by atomic mass is 15.4. The Morgan fingerprint density at radius 1 is 0.389 bits per heavy atom. The summed E-state index contributed by atoms with van der Waals surface area (Å²) >= 11 is 0. The molecule has 0 N–H and O–H groups in total. The van der Waals surface area contributed by atoms with Crippen LogP contribution in [-0.2, 0) is 6.42 Å². The van der Waals surface area contributed by atoms with Gasteiger partial charge in [-0.3, -0.25) is 0 Å². The molecule has 0 bridgehead atoms. The first-order valence-electron chi connectivity index (χ1n) is 24.1. The fraction of sp³-hybridized carbons (Fsp3) is 0.731. The van der Waals surface area contributed by atoms with Crippen LogP contribution in [0.25, 0.3) is 0 Å². The highest BCUT2D eigenvalue weighted by molar-refractivity contribution is 5.30. The maximum Gasteiger partial charge on any atom is 0.123 e. The van der Waals surface area contributed by atoms with Gasteiger partial charge in [0.25, 0.3) is 0 Å². The molecule has 0 saturated carbocycles. The van der Waals surface area contributed by atoms with Crippen LogP contribution in [0.3, 0.4) is 0 Å². The van der Waals surface area contributed by atoms with Gasteiger partial charge in [-0.15, -0.1) is 0 Å². The lowest BCUT2D eigenvalue weighted by molar-refractivity contribution is -0.00378. The molecule has 0 saturated heterocycles. The zero-order valence-corrected chi connectivity index (χ0v) is 36.2. The second-order valence-corrected chi connectivity index (χ2v) is 17.1. The number of nitrogens with zero attached hydrogens (tertiary/aromatic N) is 2. The lowest BCUT2D eigenvalue weighted by atomic mass is 9.78. The third-order valence-corrected chi connectivity index (χ3v) is 12.7. The van der Waals surface area contributed by atoms with Crippen molar-refractivity contribution in [3.8, 4) is 0 Å². The minimum atomic E-state index is -0.0654. The van der Waals surface area contributed by atoms with Crippen LogP contribution in [0.5, 0.6) is 0 Å². The van der Waals surface area contributed by atoms with Crippen molar-refractivity contribution in [3.63, 3.8) is 0 Å². The van der Waals surface area contributed by atoms with Gasteiger partial charge in [-0.25, -0.2) is 0 Å². The molecule has 2 nitrogen and oxygen atoms in total. The van der Waals surface area contributed by atoms with Gasteiger partial charge in [-0.2, -0.15) is 0 Å². The summed E-state index contributed by atoms with van der Waals surface area (Å²) in [6, 6.07) is 22.9. The maximum atomic E-state index is 2.80. The third-order valence-electron chi connectivity index (χ3n) is 12.7. The maximum absolute atomic E-state index is 2.80. The van der Waals surface area contributed by atoms with Crippen molar-refractivity contribution >= 4 is 0 Å². The molecule has 1 aliphatic rings. The molecular formula is C52H88N2. The normalized spacial score (nSPS) is 16.1. The van der Waals surface area contributed by atoms with Gasteiger partial charge in [0.1, 0.15) is 5.66 Å². The molecule has 0 aliphatic carbocycles. The van der Waals surface area contributed by atoms with Gasteiger partial charge in [0, 0.05) is 37.8 Å². The summed E-state index contributed by atoms with van der Waals surface area (Å²) in [5, 5.41) is 0. The van der Waals surface area contributed by atoms with Crippen molar-refractivity contribution in [2.45, 2.75) is 231 Å². The van der Waals surface area contributed by atoms with Crippen LogP contribution in [0.1, 0.15) is 230 Å². The predicted molar refractivity (Wildman–Crippen MR) is 240 cm³/mol. The van der Waals surface area contributed by atoms with E-state index in [-0.39, 0.29) is 5.66 Å². The third kappa shape index (κ3) is 18.2. The number of hydrogen-bond acceptors (Lipinski definition) is 2. The van der Waals surface area contributed by atoms with Crippen LogP contribution < -0.4 is 0 Å². The molecule has 1 aliphatic heterocycles. The van der Waals surface area contributed by atoms with E-state index in [2.05, 4.69) is 104 Å². The van der Waals surface area contributed by atoms with Gasteiger partial charge in [0.15, 0.2) is 0 Å². The molecule has 54 heavy (non-hydrogen) atoms. The Balaban J connectivity index is 1.49. The van der Waals surface area contributed by atoms with Crippen molar-refractivity contribution in [1.82, 2.24) is 9.80 Å². The molecule has 0 aromatic heterocycles. The lowest BCUT2D eigenvalue weighted by Gasteiger charge is -2.51. The summed E-state index contributed by atoms with van der Waals surface area (Å²) in [6.45, 7) is 9.36. The highest BCUT2D eigenvalue weighted by Crippen LogP contribution is 2.45. The second-order valence-electron chi connectivity index (χ2n) is 17.1. The van der Waals surface area contributed by atoms with Crippen LogP contribution >= 0.6 is 0 Å². The van der Waals surface area contributed by atoms with Crippen molar-refractivity contribution < 1.29 is 0 Å². The molecule has 2 atom stereocenters. The van der Waals surface area contributed by atoms with E-state index < -0.39 is 0 Å². The van der Waals surface area contributed by atoms with E-state index in [0.29, 0.717) is 5.92 Å². The topological polar surface area (TPSA) is 6.48 Å². The first kappa shape index (κ1) is 46.2. The van der Waals surface area contributed by atoms with Crippen molar-refractivity contribution in [2.24, 2.45) is 0 Å². The Kier molecular flexibility index (Phi) is 26.4. The lowest BCUT2D eigenvalue weighted by Crippen LogP contribution is -2.59.